The van der Waals surface area contributed by atoms with Crippen molar-refractivity contribution in [3.63, 3.8) is 0 Å². The number of hydrogen-bond acceptors (Lipinski definition) is 3. The van der Waals surface area contributed by atoms with E-state index in [1.54, 1.807) is 14.2 Å². The molecule has 0 spiro atoms. The van der Waals surface area contributed by atoms with E-state index in [1.807, 2.05) is 6.07 Å². The summed E-state index contributed by atoms with van der Waals surface area (Å²) in [5.41, 5.74) is 1.35. The molecule has 0 saturated carbocycles. The molecule has 0 heterocycles. The number of methoxy groups -OCH3 is 2. The van der Waals surface area contributed by atoms with Gasteiger partial charge in [0.1, 0.15) is 15.4 Å². The summed E-state index contributed by atoms with van der Waals surface area (Å²) in [6.07, 6.45) is 1.10. The molecule has 1 aromatic carbocycles. The zero-order valence-corrected chi connectivity index (χ0v) is 11.8. The Bertz CT molecular complexity index is 278. The van der Waals surface area contributed by atoms with E-state index in [9.17, 15) is 0 Å². The molecule has 4 heteroatoms. The molecule has 0 aliphatic heterocycles. The molecule has 0 atom stereocenters. The Morgan fingerprint density at radius 2 is 1.81 bits per heavy atom. The lowest BCUT2D eigenvalue weighted by molar-refractivity contribution is -0.0448. The van der Waals surface area contributed by atoms with Crippen molar-refractivity contribution in [1.82, 2.24) is 4.90 Å². The van der Waals surface area contributed by atoms with Gasteiger partial charge < -0.3 is 14.4 Å². The van der Waals surface area contributed by atoms with Gasteiger partial charge in [0.25, 0.3) is 0 Å². The Kier molecular flexibility index (Phi) is 6.33. The van der Waals surface area contributed by atoms with Gasteiger partial charge in [-0.2, -0.15) is 0 Å². The van der Waals surface area contributed by atoms with Crippen molar-refractivity contribution in [2.75, 3.05) is 27.4 Å². The van der Waals surface area contributed by atoms with E-state index in [1.165, 1.54) is 5.56 Å². The lowest BCUT2D eigenvalue weighted by Gasteiger charge is -2.19. The Balaban J connectivity index is 2.28. The van der Waals surface area contributed by atoms with Crippen molar-refractivity contribution in [1.29, 1.82) is 0 Å². The molecule has 0 bridgehead atoms. The SMILES string of the molecule is COC(OC)[SiH2]CN(C)Cc1ccccc1. The van der Waals surface area contributed by atoms with Crippen LogP contribution in [0.3, 0.4) is 0 Å². The normalized spacial score (nSPS) is 12.1. The molecule has 0 aliphatic carbocycles. The molecule has 0 fully saturated rings. The van der Waals surface area contributed by atoms with Crippen LogP contribution in [0.2, 0.25) is 0 Å². The molecule has 1 rings (SSSR count). The van der Waals surface area contributed by atoms with E-state index in [-0.39, 0.29) is 15.4 Å². The molecule has 16 heavy (non-hydrogen) atoms. The number of benzene rings is 1. The van der Waals surface area contributed by atoms with Crippen LogP contribution in [0.5, 0.6) is 0 Å². The number of nitrogens with zero attached hydrogens (tertiary/aromatic N) is 1. The van der Waals surface area contributed by atoms with Crippen molar-refractivity contribution in [2.45, 2.75) is 12.5 Å². The van der Waals surface area contributed by atoms with Crippen LogP contribution in [0.25, 0.3) is 0 Å². The van der Waals surface area contributed by atoms with Gasteiger partial charge in [-0.3, -0.25) is 0 Å². The average Bonchev–Trinajstić information content (AvgIpc) is 2.31. The zero-order chi connectivity index (χ0) is 11.8. The highest BCUT2D eigenvalue weighted by Crippen LogP contribution is 2.02. The van der Waals surface area contributed by atoms with Gasteiger partial charge in [-0.1, -0.05) is 30.3 Å². The number of ether oxygens (including phenoxy) is 2. The van der Waals surface area contributed by atoms with Crippen LogP contribution in [0.4, 0.5) is 0 Å². The molecule has 90 valence electrons. The first-order valence-corrected chi connectivity index (χ1v) is 7.36. The first-order chi connectivity index (χ1) is 7.76. The molecule has 0 amide bonds. The molecule has 0 radical (unpaired) electrons. The van der Waals surface area contributed by atoms with Crippen LogP contribution in [0.15, 0.2) is 30.3 Å². The third kappa shape index (κ3) is 4.89. The van der Waals surface area contributed by atoms with Crippen molar-refractivity contribution in [3.05, 3.63) is 35.9 Å². The second kappa shape index (κ2) is 7.57. The van der Waals surface area contributed by atoms with Gasteiger partial charge in [0.15, 0.2) is 0 Å². The standard InChI is InChI=1S/C12H21NO2Si/c1-13(10-16-12(14-2)15-3)9-11-7-5-4-6-8-11/h4-8,12H,9-10,16H2,1-3H3. The molecular formula is C12H21NO2Si. The molecule has 0 N–H and O–H groups in total. The number of hydrogen-bond donors (Lipinski definition) is 0. The fourth-order valence-electron chi connectivity index (χ4n) is 1.63. The maximum Gasteiger partial charge on any atom is 0.135 e. The first-order valence-electron chi connectivity index (χ1n) is 5.54. The van der Waals surface area contributed by atoms with Gasteiger partial charge in [-0.25, -0.2) is 0 Å². The third-order valence-electron chi connectivity index (χ3n) is 2.57. The van der Waals surface area contributed by atoms with Gasteiger partial charge in [0.05, 0.1) is 0 Å². The highest BCUT2D eigenvalue weighted by molar-refractivity contribution is 6.36. The lowest BCUT2D eigenvalue weighted by atomic mass is 10.2. The summed E-state index contributed by atoms with van der Waals surface area (Å²) in [5, 5.41) is 0. The van der Waals surface area contributed by atoms with Gasteiger partial charge in [-0.05, 0) is 18.8 Å². The van der Waals surface area contributed by atoms with Crippen molar-refractivity contribution in [3.8, 4) is 0 Å². The quantitative estimate of drug-likeness (QED) is 0.519. The maximum absolute atomic E-state index is 5.21. The second-order valence-corrected chi connectivity index (χ2v) is 5.60. The summed E-state index contributed by atoms with van der Waals surface area (Å²) in [6, 6.07) is 10.5. The summed E-state index contributed by atoms with van der Waals surface area (Å²) in [7, 11) is 5.20. The summed E-state index contributed by atoms with van der Waals surface area (Å²) in [6.45, 7) is 0.994. The molecule has 0 aromatic heterocycles. The minimum atomic E-state index is -0.357. The highest BCUT2D eigenvalue weighted by atomic mass is 28.2. The Morgan fingerprint density at radius 3 is 2.38 bits per heavy atom. The van der Waals surface area contributed by atoms with Crippen molar-refractivity contribution >= 4 is 9.52 Å². The zero-order valence-electron chi connectivity index (χ0n) is 10.3. The summed E-state index contributed by atoms with van der Waals surface area (Å²) in [5.74, 6) is 0.0400. The largest absolute Gasteiger partial charge is 0.360 e. The highest BCUT2D eigenvalue weighted by Gasteiger charge is 2.08. The van der Waals surface area contributed by atoms with Gasteiger partial charge in [0.2, 0.25) is 0 Å². The van der Waals surface area contributed by atoms with Crippen LogP contribution >= 0.6 is 0 Å². The van der Waals surface area contributed by atoms with Crippen molar-refractivity contribution < 1.29 is 9.47 Å². The van der Waals surface area contributed by atoms with E-state index >= 15 is 0 Å². The number of rotatable bonds is 7. The minimum absolute atomic E-state index is 0.0400. The fraction of sp³-hybridized carbons (Fsp3) is 0.500. The van der Waals surface area contributed by atoms with E-state index in [0.29, 0.717) is 0 Å². The molecule has 3 nitrogen and oxygen atoms in total. The van der Waals surface area contributed by atoms with Gasteiger partial charge in [0, 0.05) is 20.8 Å². The molecule has 0 saturated heterocycles. The molecule has 0 unspecified atom stereocenters. The predicted molar refractivity (Wildman–Crippen MR) is 69.1 cm³/mol. The van der Waals surface area contributed by atoms with Crippen LogP contribution in [-0.2, 0) is 16.0 Å². The lowest BCUT2D eigenvalue weighted by Crippen LogP contribution is -2.32. The monoisotopic (exact) mass is 239 g/mol. The van der Waals surface area contributed by atoms with E-state index in [4.69, 9.17) is 9.47 Å². The van der Waals surface area contributed by atoms with Gasteiger partial charge >= 0.3 is 0 Å². The van der Waals surface area contributed by atoms with Gasteiger partial charge in [-0.15, -0.1) is 0 Å². The maximum atomic E-state index is 5.21. The molecule has 0 aliphatic rings. The molecule has 1 aromatic rings. The minimum Gasteiger partial charge on any atom is -0.360 e. The fourth-order valence-corrected chi connectivity index (χ4v) is 2.91. The van der Waals surface area contributed by atoms with E-state index < -0.39 is 0 Å². The van der Waals surface area contributed by atoms with E-state index in [2.05, 4.69) is 36.2 Å². The predicted octanol–water partition coefficient (Wildman–Crippen LogP) is 0.821. The average molecular weight is 239 g/mol. The Morgan fingerprint density at radius 1 is 1.19 bits per heavy atom. The first kappa shape index (κ1) is 13.4. The second-order valence-electron chi connectivity index (χ2n) is 3.91. The smallest absolute Gasteiger partial charge is 0.135 e. The third-order valence-corrected chi connectivity index (χ3v) is 4.73. The summed E-state index contributed by atoms with van der Waals surface area (Å²) >= 11 is 0. The van der Waals surface area contributed by atoms with E-state index in [0.717, 1.165) is 12.7 Å². The van der Waals surface area contributed by atoms with Crippen LogP contribution in [0, 0.1) is 0 Å². The molecular weight excluding hydrogens is 218 g/mol. The van der Waals surface area contributed by atoms with Crippen LogP contribution < -0.4 is 0 Å². The van der Waals surface area contributed by atoms with Crippen molar-refractivity contribution in [2.24, 2.45) is 0 Å². The van der Waals surface area contributed by atoms with Crippen LogP contribution in [0.1, 0.15) is 5.56 Å². The topological polar surface area (TPSA) is 21.7 Å². The van der Waals surface area contributed by atoms with Crippen LogP contribution in [-0.4, -0.2) is 47.8 Å². The summed E-state index contributed by atoms with van der Waals surface area (Å²) < 4.78 is 10.4. The summed E-state index contributed by atoms with van der Waals surface area (Å²) in [4.78, 5) is 2.33. The Labute approximate surface area is 100 Å². The Hall–Kier alpha value is -0.683.